The predicted molar refractivity (Wildman–Crippen MR) is 98.0 cm³/mol. The maximum Gasteiger partial charge on any atom is 0.309 e. The summed E-state index contributed by atoms with van der Waals surface area (Å²) in [6.07, 6.45) is 1.45. The summed E-state index contributed by atoms with van der Waals surface area (Å²) in [5.74, 6) is -0.713. The molecule has 6 nitrogen and oxygen atoms in total. The number of rotatable bonds is 4. The minimum atomic E-state index is -0.468. The quantitative estimate of drug-likeness (QED) is 0.595. The molecule has 26 heavy (non-hydrogen) atoms. The van der Waals surface area contributed by atoms with Crippen molar-refractivity contribution in [2.75, 3.05) is 24.6 Å². The molecule has 2 aliphatic rings. The van der Waals surface area contributed by atoms with Crippen LogP contribution >= 0.6 is 11.6 Å². The molecule has 2 heterocycles. The molecule has 0 spiro atoms. The lowest BCUT2D eigenvalue weighted by Crippen LogP contribution is -2.47. The fourth-order valence-corrected chi connectivity index (χ4v) is 3.87. The van der Waals surface area contributed by atoms with E-state index in [1.54, 1.807) is 32.0 Å². The highest BCUT2D eigenvalue weighted by Crippen LogP contribution is 2.33. The van der Waals surface area contributed by atoms with E-state index in [-0.39, 0.29) is 30.1 Å². The molecule has 0 aromatic heterocycles. The Kier molecular flexibility index (Phi) is 5.63. The Morgan fingerprint density at radius 3 is 2.62 bits per heavy atom. The minimum Gasteiger partial charge on any atom is -0.466 e. The van der Waals surface area contributed by atoms with Crippen LogP contribution in [0, 0.1) is 12.8 Å². The van der Waals surface area contributed by atoms with Gasteiger partial charge >= 0.3 is 5.97 Å². The number of ether oxygens (including phenoxy) is 1. The number of likely N-dealkylation sites (tertiary alicyclic amines) is 1. The highest BCUT2D eigenvalue weighted by molar-refractivity contribution is 6.32. The van der Waals surface area contributed by atoms with Gasteiger partial charge in [0.05, 0.1) is 30.7 Å². The first-order valence-corrected chi connectivity index (χ1v) is 9.34. The molecule has 7 heteroatoms. The lowest BCUT2D eigenvalue weighted by Gasteiger charge is -2.33. The average Bonchev–Trinajstić information content (AvgIpc) is 2.92. The van der Waals surface area contributed by atoms with Crippen molar-refractivity contribution >= 4 is 35.1 Å². The van der Waals surface area contributed by atoms with Crippen LogP contribution in [0.15, 0.2) is 18.2 Å². The van der Waals surface area contributed by atoms with Gasteiger partial charge < -0.3 is 4.74 Å². The van der Waals surface area contributed by atoms with E-state index in [9.17, 15) is 14.4 Å². The van der Waals surface area contributed by atoms with Crippen LogP contribution in [0.3, 0.4) is 0 Å². The number of benzene rings is 1. The molecule has 2 amide bonds. The second-order valence-corrected chi connectivity index (χ2v) is 7.14. The van der Waals surface area contributed by atoms with E-state index in [4.69, 9.17) is 16.3 Å². The van der Waals surface area contributed by atoms with Gasteiger partial charge in [0.25, 0.3) is 5.91 Å². The summed E-state index contributed by atoms with van der Waals surface area (Å²) in [4.78, 5) is 40.6. The molecule has 0 unspecified atom stereocenters. The Morgan fingerprint density at radius 1 is 1.27 bits per heavy atom. The maximum absolute atomic E-state index is 12.9. The molecule has 2 saturated heterocycles. The topological polar surface area (TPSA) is 66.9 Å². The number of hydrogen-bond donors (Lipinski definition) is 0. The number of amides is 2. The highest BCUT2D eigenvalue weighted by atomic mass is 35.5. The number of carbonyl (C=O) groups is 3. The number of halogens is 1. The van der Waals surface area contributed by atoms with Crippen molar-refractivity contribution in [2.45, 2.75) is 39.2 Å². The van der Waals surface area contributed by atoms with E-state index in [1.807, 2.05) is 4.90 Å². The molecule has 140 valence electrons. The Bertz CT molecular complexity index is 728. The zero-order valence-corrected chi connectivity index (χ0v) is 15.8. The van der Waals surface area contributed by atoms with Crippen LogP contribution in [0.1, 0.15) is 31.7 Å². The van der Waals surface area contributed by atoms with Crippen LogP contribution in [-0.4, -0.2) is 48.4 Å². The van der Waals surface area contributed by atoms with Gasteiger partial charge in [-0.3, -0.25) is 19.3 Å². The second kappa shape index (κ2) is 7.76. The van der Waals surface area contributed by atoms with Gasteiger partial charge in [0.1, 0.15) is 0 Å². The number of nitrogens with zero attached hydrogens (tertiary/aromatic N) is 2. The van der Waals surface area contributed by atoms with Gasteiger partial charge in [-0.2, -0.15) is 0 Å². The first-order chi connectivity index (χ1) is 12.4. The largest absolute Gasteiger partial charge is 0.466 e. The van der Waals surface area contributed by atoms with E-state index in [2.05, 4.69) is 0 Å². The van der Waals surface area contributed by atoms with Gasteiger partial charge in [-0.05, 0) is 57.5 Å². The minimum absolute atomic E-state index is 0.121. The monoisotopic (exact) mass is 378 g/mol. The van der Waals surface area contributed by atoms with Crippen LogP contribution in [0.5, 0.6) is 0 Å². The number of imide groups is 1. The summed E-state index contributed by atoms with van der Waals surface area (Å²) < 4.78 is 5.08. The molecule has 2 fully saturated rings. The maximum atomic E-state index is 12.9. The third-order valence-corrected chi connectivity index (χ3v) is 5.60. The van der Waals surface area contributed by atoms with Gasteiger partial charge in [0, 0.05) is 5.02 Å². The molecule has 0 N–H and O–H groups in total. The lowest BCUT2D eigenvalue weighted by atomic mass is 9.95. The van der Waals surface area contributed by atoms with E-state index >= 15 is 0 Å². The normalized spacial score (nSPS) is 22.1. The van der Waals surface area contributed by atoms with E-state index in [1.165, 1.54) is 4.90 Å². The first-order valence-electron chi connectivity index (χ1n) is 8.96. The molecule has 1 atom stereocenters. The zero-order chi connectivity index (χ0) is 18.8. The summed E-state index contributed by atoms with van der Waals surface area (Å²) in [6.45, 7) is 5.19. The van der Waals surface area contributed by atoms with Crippen molar-refractivity contribution in [1.82, 2.24) is 4.90 Å². The van der Waals surface area contributed by atoms with Crippen LogP contribution in [-0.2, 0) is 19.1 Å². The van der Waals surface area contributed by atoms with Gasteiger partial charge in [0.2, 0.25) is 5.91 Å². The van der Waals surface area contributed by atoms with Crippen molar-refractivity contribution < 1.29 is 19.1 Å². The molecule has 0 radical (unpaired) electrons. The van der Waals surface area contributed by atoms with Crippen LogP contribution in [0.2, 0.25) is 5.02 Å². The molecule has 1 aromatic rings. The average molecular weight is 379 g/mol. The van der Waals surface area contributed by atoms with Crippen molar-refractivity contribution in [3.05, 3.63) is 28.8 Å². The SMILES string of the molecule is CCOC(=O)C1CCN([C@H]2CC(=O)N(c3cccc(Cl)c3C)C2=O)CC1. The third kappa shape index (κ3) is 3.48. The number of hydrogen-bond acceptors (Lipinski definition) is 5. The second-order valence-electron chi connectivity index (χ2n) is 6.73. The molecular weight excluding hydrogens is 356 g/mol. The fourth-order valence-electron chi connectivity index (χ4n) is 3.70. The summed E-state index contributed by atoms with van der Waals surface area (Å²) >= 11 is 6.14. The molecule has 0 saturated carbocycles. The van der Waals surface area contributed by atoms with Crippen molar-refractivity contribution in [2.24, 2.45) is 5.92 Å². The Hall–Kier alpha value is -1.92. The third-order valence-electron chi connectivity index (χ3n) is 5.19. The smallest absolute Gasteiger partial charge is 0.309 e. The molecule has 2 aliphatic heterocycles. The van der Waals surface area contributed by atoms with Gasteiger partial charge in [-0.15, -0.1) is 0 Å². The van der Waals surface area contributed by atoms with Gasteiger partial charge in [0.15, 0.2) is 0 Å². The molecular formula is C19H23ClN2O4. The molecule has 1 aromatic carbocycles. The van der Waals surface area contributed by atoms with Crippen molar-refractivity contribution in [3.8, 4) is 0 Å². The van der Waals surface area contributed by atoms with Crippen LogP contribution < -0.4 is 4.90 Å². The van der Waals surface area contributed by atoms with Crippen molar-refractivity contribution in [3.63, 3.8) is 0 Å². The summed E-state index contributed by atoms with van der Waals surface area (Å²) in [7, 11) is 0. The Balaban J connectivity index is 1.70. The predicted octanol–water partition coefficient (Wildman–Crippen LogP) is 2.56. The van der Waals surface area contributed by atoms with Crippen LogP contribution in [0.25, 0.3) is 0 Å². The summed E-state index contributed by atoms with van der Waals surface area (Å²) in [5, 5.41) is 0.529. The molecule has 0 aliphatic carbocycles. The summed E-state index contributed by atoms with van der Waals surface area (Å²) in [5.41, 5.74) is 1.27. The number of carbonyl (C=O) groups excluding carboxylic acids is 3. The van der Waals surface area contributed by atoms with Crippen LogP contribution in [0.4, 0.5) is 5.69 Å². The van der Waals surface area contributed by atoms with Gasteiger partial charge in [-0.25, -0.2) is 4.90 Å². The zero-order valence-electron chi connectivity index (χ0n) is 15.0. The van der Waals surface area contributed by atoms with E-state index in [0.717, 1.165) is 5.56 Å². The number of anilines is 1. The number of piperidine rings is 1. The Morgan fingerprint density at radius 2 is 1.96 bits per heavy atom. The highest BCUT2D eigenvalue weighted by Gasteiger charge is 2.44. The Labute approximate surface area is 158 Å². The number of esters is 1. The standard InChI is InChI=1S/C19H23ClN2O4/c1-3-26-19(25)13-7-9-21(10-8-13)16-11-17(23)22(18(16)24)15-6-4-5-14(20)12(15)2/h4-6,13,16H,3,7-11H2,1-2H3/t16-/m0/s1. The first kappa shape index (κ1) is 18.9. The molecule has 3 rings (SSSR count). The fraction of sp³-hybridized carbons (Fsp3) is 0.526. The lowest BCUT2D eigenvalue weighted by molar-refractivity contribution is -0.149. The van der Waals surface area contributed by atoms with E-state index in [0.29, 0.717) is 43.2 Å². The summed E-state index contributed by atoms with van der Waals surface area (Å²) in [6, 6.07) is 4.75. The van der Waals surface area contributed by atoms with Gasteiger partial charge in [-0.1, -0.05) is 17.7 Å². The molecule has 0 bridgehead atoms. The van der Waals surface area contributed by atoms with E-state index < -0.39 is 6.04 Å². The van der Waals surface area contributed by atoms with Crippen molar-refractivity contribution in [1.29, 1.82) is 0 Å².